The number of piperidine rings is 1. The average molecular weight is 170 g/mol. The van der Waals surface area contributed by atoms with Crippen LogP contribution in [0.1, 0.15) is 12.8 Å². The third-order valence-corrected chi connectivity index (χ3v) is 3.02. The minimum Gasteiger partial charge on any atom is -0.380 e. The van der Waals surface area contributed by atoms with Gasteiger partial charge in [0.1, 0.15) is 0 Å². The minimum atomic E-state index is 0.486. The molecule has 12 heavy (non-hydrogen) atoms. The highest BCUT2D eigenvalue weighted by molar-refractivity contribution is 4.87. The maximum Gasteiger partial charge on any atom is 0.0698 e. The lowest BCUT2D eigenvalue weighted by molar-refractivity contribution is 0.00475. The summed E-state index contributed by atoms with van der Waals surface area (Å²) in [4.78, 5) is 2.56. The van der Waals surface area contributed by atoms with Gasteiger partial charge < -0.3 is 10.1 Å². The van der Waals surface area contributed by atoms with E-state index in [4.69, 9.17) is 4.74 Å². The first-order valence-electron chi connectivity index (χ1n) is 4.87. The first-order chi connectivity index (χ1) is 5.90. The van der Waals surface area contributed by atoms with Gasteiger partial charge >= 0.3 is 0 Å². The van der Waals surface area contributed by atoms with Crippen LogP contribution in [-0.4, -0.2) is 50.3 Å². The Hall–Kier alpha value is -0.120. The van der Waals surface area contributed by atoms with Gasteiger partial charge in [0, 0.05) is 32.8 Å². The van der Waals surface area contributed by atoms with E-state index in [0.717, 1.165) is 12.6 Å². The van der Waals surface area contributed by atoms with E-state index in [1.54, 1.807) is 0 Å². The third kappa shape index (κ3) is 1.63. The first-order valence-corrected chi connectivity index (χ1v) is 4.87. The van der Waals surface area contributed by atoms with Gasteiger partial charge in [-0.15, -0.1) is 0 Å². The molecule has 2 aliphatic rings. The van der Waals surface area contributed by atoms with E-state index in [2.05, 4.69) is 10.2 Å². The zero-order chi connectivity index (χ0) is 8.39. The van der Waals surface area contributed by atoms with Crippen LogP contribution in [0.3, 0.4) is 0 Å². The van der Waals surface area contributed by atoms with Crippen LogP contribution in [0.15, 0.2) is 0 Å². The van der Waals surface area contributed by atoms with Crippen LogP contribution in [0, 0.1) is 0 Å². The molecule has 0 aromatic heterocycles. The van der Waals surface area contributed by atoms with Crippen LogP contribution in [-0.2, 0) is 4.74 Å². The SMILES string of the molecule is COC1CCCN(C2CNC2)C1. The van der Waals surface area contributed by atoms with Crippen molar-refractivity contribution in [3.63, 3.8) is 0 Å². The standard InChI is InChI=1S/C9H18N2O/c1-12-9-3-2-4-11(7-9)8-5-10-6-8/h8-10H,2-7H2,1H3. The molecular weight excluding hydrogens is 152 g/mol. The van der Waals surface area contributed by atoms with Gasteiger partial charge in [0.2, 0.25) is 0 Å². The van der Waals surface area contributed by atoms with Gasteiger partial charge in [0.05, 0.1) is 6.10 Å². The highest BCUT2D eigenvalue weighted by Crippen LogP contribution is 2.16. The summed E-state index contributed by atoms with van der Waals surface area (Å²) in [6, 6.07) is 0.794. The molecule has 1 atom stereocenters. The van der Waals surface area contributed by atoms with Gasteiger partial charge in [-0.25, -0.2) is 0 Å². The average Bonchev–Trinajstić information content (AvgIpc) is 2.02. The molecule has 70 valence electrons. The van der Waals surface area contributed by atoms with Gasteiger partial charge in [-0.05, 0) is 19.4 Å². The molecule has 1 unspecified atom stereocenters. The van der Waals surface area contributed by atoms with E-state index in [9.17, 15) is 0 Å². The Morgan fingerprint density at radius 3 is 2.83 bits per heavy atom. The van der Waals surface area contributed by atoms with E-state index >= 15 is 0 Å². The number of hydrogen-bond donors (Lipinski definition) is 1. The monoisotopic (exact) mass is 170 g/mol. The summed E-state index contributed by atoms with van der Waals surface area (Å²) in [7, 11) is 1.83. The molecule has 0 saturated carbocycles. The van der Waals surface area contributed by atoms with E-state index in [1.807, 2.05) is 7.11 Å². The molecule has 0 aromatic carbocycles. The summed E-state index contributed by atoms with van der Waals surface area (Å²) in [6.07, 6.45) is 3.03. The Morgan fingerprint density at radius 1 is 1.42 bits per heavy atom. The van der Waals surface area contributed by atoms with Crippen molar-refractivity contribution in [2.24, 2.45) is 0 Å². The van der Waals surface area contributed by atoms with Crippen molar-refractivity contribution < 1.29 is 4.74 Å². The largest absolute Gasteiger partial charge is 0.380 e. The number of ether oxygens (including phenoxy) is 1. The van der Waals surface area contributed by atoms with Gasteiger partial charge in [0.15, 0.2) is 0 Å². The molecule has 0 radical (unpaired) electrons. The molecule has 0 aliphatic carbocycles. The summed E-state index contributed by atoms with van der Waals surface area (Å²) in [6.45, 7) is 4.77. The van der Waals surface area contributed by atoms with Crippen molar-refractivity contribution in [3.8, 4) is 0 Å². The normalized spacial score (nSPS) is 33.2. The van der Waals surface area contributed by atoms with Crippen LogP contribution >= 0.6 is 0 Å². The lowest BCUT2D eigenvalue weighted by atomic mass is 10.0. The highest BCUT2D eigenvalue weighted by Gasteiger charge is 2.28. The number of likely N-dealkylation sites (tertiary alicyclic amines) is 1. The number of rotatable bonds is 2. The van der Waals surface area contributed by atoms with Crippen molar-refractivity contribution in [2.45, 2.75) is 25.0 Å². The Morgan fingerprint density at radius 2 is 2.25 bits per heavy atom. The van der Waals surface area contributed by atoms with Crippen molar-refractivity contribution in [2.75, 3.05) is 33.3 Å². The molecule has 1 N–H and O–H groups in total. The second-order valence-corrected chi connectivity index (χ2v) is 3.81. The highest BCUT2D eigenvalue weighted by atomic mass is 16.5. The van der Waals surface area contributed by atoms with Crippen molar-refractivity contribution >= 4 is 0 Å². The summed E-state index contributed by atoms with van der Waals surface area (Å²) < 4.78 is 5.38. The molecule has 0 spiro atoms. The molecular formula is C9H18N2O. The molecule has 2 aliphatic heterocycles. The van der Waals surface area contributed by atoms with Crippen LogP contribution in [0.2, 0.25) is 0 Å². The molecule has 0 aromatic rings. The fourth-order valence-corrected chi connectivity index (χ4v) is 2.02. The van der Waals surface area contributed by atoms with Crippen LogP contribution in [0.25, 0.3) is 0 Å². The Bertz CT molecular complexity index is 147. The predicted octanol–water partition coefficient (Wildman–Crippen LogP) is 0.0690. The summed E-state index contributed by atoms with van der Waals surface area (Å²) in [5.74, 6) is 0. The maximum atomic E-state index is 5.38. The quantitative estimate of drug-likeness (QED) is 0.634. The molecule has 2 saturated heterocycles. The molecule has 3 heteroatoms. The minimum absolute atomic E-state index is 0.486. The number of methoxy groups -OCH3 is 1. The van der Waals surface area contributed by atoms with Gasteiger partial charge in [-0.1, -0.05) is 0 Å². The summed E-state index contributed by atoms with van der Waals surface area (Å²) in [5, 5.41) is 3.31. The smallest absolute Gasteiger partial charge is 0.0698 e. The number of nitrogens with zero attached hydrogens (tertiary/aromatic N) is 1. The topological polar surface area (TPSA) is 24.5 Å². The van der Waals surface area contributed by atoms with Crippen LogP contribution in [0.4, 0.5) is 0 Å². The summed E-state index contributed by atoms with van der Waals surface area (Å²) in [5.41, 5.74) is 0. The zero-order valence-electron chi connectivity index (χ0n) is 7.75. The van der Waals surface area contributed by atoms with Crippen molar-refractivity contribution in [3.05, 3.63) is 0 Å². The van der Waals surface area contributed by atoms with E-state index in [0.29, 0.717) is 6.10 Å². The van der Waals surface area contributed by atoms with E-state index < -0.39 is 0 Å². The van der Waals surface area contributed by atoms with E-state index in [1.165, 1.54) is 32.5 Å². The Labute approximate surface area is 74.1 Å². The first kappa shape index (κ1) is 8.48. The zero-order valence-corrected chi connectivity index (χ0v) is 7.75. The molecule has 2 heterocycles. The molecule has 0 bridgehead atoms. The Balaban J connectivity index is 1.81. The van der Waals surface area contributed by atoms with Gasteiger partial charge in [0.25, 0.3) is 0 Å². The van der Waals surface area contributed by atoms with Crippen LogP contribution < -0.4 is 5.32 Å². The number of nitrogens with one attached hydrogen (secondary N) is 1. The Kier molecular flexibility index (Phi) is 2.63. The lowest BCUT2D eigenvalue weighted by Gasteiger charge is -2.42. The maximum absolute atomic E-state index is 5.38. The second kappa shape index (κ2) is 3.73. The fourth-order valence-electron chi connectivity index (χ4n) is 2.02. The summed E-state index contributed by atoms with van der Waals surface area (Å²) >= 11 is 0. The molecule has 3 nitrogen and oxygen atoms in total. The molecule has 2 fully saturated rings. The lowest BCUT2D eigenvalue weighted by Crippen LogP contribution is -2.60. The van der Waals surface area contributed by atoms with Gasteiger partial charge in [-0.3, -0.25) is 4.90 Å². The van der Waals surface area contributed by atoms with Crippen LogP contribution in [0.5, 0.6) is 0 Å². The molecule has 2 rings (SSSR count). The second-order valence-electron chi connectivity index (χ2n) is 3.81. The number of hydrogen-bond acceptors (Lipinski definition) is 3. The van der Waals surface area contributed by atoms with Crippen molar-refractivity contribution in [1.82, 2.24) is 10.2 Å². The predicted molar refractivity (Wildman–Crippen MR) is 48.3 cm³/mol. The third-order valence-electron chi connectivity index (χ3n) is 3.02. The van der Waals surface area contributed by atoms with E-state index in [-0.39, 0.29) is 0 Å². The van der Waals surface area contributed by atoms with Crippen molar-refractivity contribution in [1.29, 1.82) is 0 Å². The molecule has 0 amide bonds. The van der Waals surface area contributed by atoms with Gasteiger partial charge in [-0.2, -0.15) is 0 Å². The fraction of sp³-hybridized carbons (Fsp3) is 1.00.